The number of fused-ring (bicyclic) bond motifs is 6. The molecule has 0 radical (unpaired) electrons. The number of hydrogen-bond donors (Lipinski definition) is 0. The molecule has 3 saturated carbocycles. The van der Waals surface area contributed by atoms with Crippen LogP contribution in [-0.2, 0) is 18.9 Å². The molecule has 4 heteroatoms. The molecule has 0 aromatic rings. The summed E-state index contributed by atoms with van der Waals surface area (Å²) >= 11 is 0. The summed E-state index contributed by atoms with van der Waals surface area (Å²) in [7, 11) is 0. The number of ether oxygens (including phenoxy) is 4. The minimum Gasteiger partial charge on any atom is -0.347 e. The summed E-state index contributed by atoms with van der Waals surface area (Å²) in [5.41, 5.74) is 1.98. The van der Waals surface area contributed by atoms with Gasteiger partial charge in [-0.3, -0.25) is 0 Å². The van der Waals surface area contributed by atoms with E-state index in [0.29, 0.717) is 23.7 Å². The van der Waals surface area contributed by atoms with Gasteiger partial charge >= 0.3 is 0 Å². The molecule has 30 heavy (non-hydrogen) atoms. The lowest BCUT2D eigenvalue weighted by Crippen LogP contribution is -2.58. The highest BCUT2D eigenvalue weighted by Gasteiger charge is 2.68. The molecule has 2 saturated heterocycles. The lowest BCUT2D eigenvalue weighted by atomic mass is 9.44. The van der Waals surface area contributed by atoms with Gasteiger partial charge in [-0.15, -0.1) is 6.58 Å². The molecule has 4 nitrogen and oxygen atoms in total. The maximum atomic E-state index is 6.38. The van der Waals surface area contributed by atoms with Crippen LogP contribution < -0.4 is 0 Å². The molecule has 0 aromatic carbocycles. The van der Waals surface area contributed by atoms with Crippen LogP contribution in [0.15, 0.2) is 24.3 Å². The molecule has 0 amide bonds. The summed E-state index contributed by atoms with van der Waals surface area (Å²) in [4.78, 5) is 0. The molecular weight excluding hydrogens is 376 g/mol. The van der Waals surface area contributed by atoms with E-state index in [9.17, 15) is 0 Å². The number of hydrogen-bond acceptors (Lipinski definition) is 4. The highest BCUT2D eigenvalue weighted by atomic mass is 16.7. The van der Waals surface area contributed by atoms with E-state index in [1.54, 1.807) is 5.57 Å². The molecule has 6 aliphatic rings. The van der Waals surface area contributed by atoms with Gasteiger partial charge in [-0.25, -0.2) is 0 Å². The van der Waals surface area contributed by atoms with Gasteiger partial charge in [-0.05, 0) is 61.2 Å². The van der Waals surface area contributed by atoms with Crippen LogP contribution in [0.5, 0.6) is 0 Å². The van der Waals surface area contributed by atoms with Crippen LogP contribution in [0.25, 0.3) is 0 Å². The van der Waals surface area contributed by atoms with Gasteiger partial charge in [0.15, 0.2) is 11.6 Å². The Hall–Kier alpha value is -0.680. The second-order valence-electron chi connectivity index (χ2n) is 11.4. The summed E-state index contributed by atoms with van der Waals surface area (Å²) in [6.07, 6.45) is 13.7. The van der Waals surface area contributed by atoms with E-state index in [-0.39, 0.29) is 22.4 Å². The zero-order valence-electron chi connectivity index (χ0n) is 18.8. The van der Waals surface area contributed by atoms with Crippen LogP contribution in [0, 0.1) is 34.5 Å². The molecule has 2 spiro atoms. The van der Waals surface area contributed by atoms with E-state index >= 15 is 0 Å². The molecule has 0 bridgehead atoms. The molecule has 2 heterocycles. The van der Waals surface area contributed by atoms with Crippen molar-refractivity contribution in [3.8, 4) is 0 Å². The molecule has 0 aromatic heterocycles. The van der Waals surface area contributed by atoms with E-state index in [2.05, 4.69) is 32.6 Å². The highest BCUT2D eigenvalue weighted by molar-refractivity contribution is 5.28. The maximum absolute atomic E-state index is 6.38. The van der Waals surface area contributed by atoms with Crippen molar-refractivity contribution in [2.24, 2.45) is 34.5 Å². The second-order valence-corrected chi connectivity index (χ2v) is 11.4. The Kier molecular flexibility index (Phi) is 4.43. The van der Waals surface area contributed by atoms with Crippen molar-refractivity contribution >= 4 is 0 Å². The highest BCUT2D eigenvalue weighted by Crippen LogP contribution is 2.71. The fourth-order valence-corrected chi connectivity index (χ4v) is 9.07. The Morgan fingerprint density at radius 3 is 2.50 bits per heavy atom. The third kappa shape index (κ3) is 2.48. The Morgan fingerprint density at radius 1 is 1.03 bits per heavy atom. The third-order valence-electron chi connectivity index (χ3n) is 10.3. The SMILES string of the molecule is C=CC[C@H]1C[C@@]2(C)[C@@H](CCC23OCCO3)[C@@H]2CC=C3CC4(CC[C@]3(C)[C@@H]12)OCCO4. The topological polar surface area (TPSA) is 36.9 Å². The Morgan fingerprint density at radius 2 is 1.77 bits per heavy atom. The second kappa shape index (κ2) is 6.66. The largest absolute Gasteiger partial charge is 0.347 e. The Bertz CT molecular complexity index is 746. The zero-order valence-corrected chi connectivity index (χ0v) is 18.8. The molecule has 0 unspecified atom stereocenters. The quantitative estimate of drug-likeness (QED) is 0.579. The van der Waals surface area contributed by atoms with Crippen molar-refractivity contribution in [1.82, 2.24) is 0 Å². The van der Waals surface area contributed by atoms with Crippen molar-refractivity contribution in [2.75, 3.05) is 26.4 Å². The van der Waals surface area contributed by atoms with Crippen LogP contribution in [0.2, 0.25) is 0 Å². The van der Waals surface area contributed by atoms with Gasteiger partial charge in [0, 0.05) is 24.7 Å². The van der Waals surface area contributed by atoms with Gasteiger partial charge in [-0.1, -0.05) is 31.6 Å². The summed E-state index contributed by atoms with van der Waals surface area (Å²) in [6.45, 7) is 12.2. The predicted molar refractivity (Wildman–Crippen MR) is 115 cm³/mol. The molecule has 166 valence electrons. The average molecular weight is 415 g/mol. The van der Waals surface area contributed by atoms with Crippen LogP contribution in [0.4, 0.5) is 0 Å². The first-order valence-corrected chi connectivity index (χ1v) is 12.3. The summed E-state index contributed by atoms with van der Waals surface area (Å²) in [6, 6.07) is 0. The summed E-state index contributed by atoms with van der Waals surface area (Å²) in [5.74, 6) is 2.08. The van der Waals surface area contributed by atoms with E-state index < -0.39 is 0 Å². The lowest BCUT2D eigenvalue weighted by Gasteiger charge is -2.62. The van der Waals surface area contributed by atoms with Gasteiger partial charge in [-0.2, -0.15) is 0 Å². The van der Waals surface area contributed by atoms with Crippen molar-refractivity contribution in [3.63, 3.8) is 0 Å². The number of rotatable bonds is 2. The minimum absolute atomic E-state index is 0.119. The minimum atomic E-state index is -0.338. The third-order valence-corrected chi connectivity index (χ3v) is 10.3. The fourth-order valence-electron chi connectivity index (χ4n) is 9.07. The smallest absolute Gasteiger partial charge is 0.174 e. The standard InChI is InChI=1S/C26H38O4/c1-4-5-18-16-24(3)21(8-9-26(24)29-14-15-30-26)20-7-6-19-17-25(27-12-13-28-25)11-10-23(19,2)22(18)20/h4,6,18,20-22H,1,5,7-17H2,2-3H3/t18-,20-,21-,22-,23-,24-/m0/s1. The first-order chi connectivity index (χ1) is 14.5. The molecule has 4 aliphatic carbocycles. The van der Waals surface area contributed by atoms with E-state index in [0.717, 1.165) is 52.1 Å². The molecular formula is C26H38O4. The first kappa shape index (κ1) is 20.0. The zero-order chi connectivity index (χ0) is 20.6. The van der Waals surface area contributed by atoms with E-state index in [4.69, 9.17) is 18.9 Å². The lowest BCUT2D eigenvalue weighted by molar-refractivity contribution is -0.252. The maximum Gasteiger partial charge on any atom is 0.174 e. The summed E-state index contributed by atoms with van der Waals surface area (Å²) < 4.78 is 25.0. The van der Waals surface area contributed by atoms with Crippen LogP contribution in [0.1, 0.15) is 65.2 Å². The Balaban J connectivity index is 1.38. The van der Waals surface area contributed by atoms with Gasteiger partial charge < -0.3 is 18.9 Å². The molecule has 5 fully saturated rings. The van der Waals surface area contributed by atoms with Gasteiger partial charge in [0.05, 0.1) is 26.4 Å². The van der Waals surface area contributed by atoms with Crippen molar-refractivity contribution in [1.29, 1.82) is 0 Å². The van der Waals surface area contributed by atoms with Gasteiger partial charge in [0.1, 0.15) is 0 Å². The monoisotopic (exact) mass is 414 g/mol. The Labute approximate surface area is 181 Å². The van der Waals surface area contributed by atoms with Gasteiger partial charge in [0.2, 0.25) is 0 Å². The molecule has 6 rings (SSSR count). The first-order valence-electron chi connectivity index (χ1n) is 12.3. The van der Waals surface area contributed by atoms with Crippen LogP contribution in [-0.4, -0.2) is 38.0 Å². The van der Waals surface area contributed by atoms with Crippen LogP contribution >= 0.6 is 0 Å². The van der Waals surface area contributed by atoms with Crippen molar-refractivity contribution in [2.45, 2.75) is 76.8 Å². The van der Waals surface area contributed by atoms with Crippen molar-refractivity contribution < 1.29 is 18.9 Å². The molecule has 0 N–H and O–H groups in total. The average Bonchev–Trinajstić information content (AvgIpc) is 3.45. The number of allylic oxidation sites excluding steroid dienone is 2. The fraction of sp³-hybridized carbons (Fsp3) is 0.846. The summed E-state index contributed by atoms with van der Waals surface area (Å²) in [5, 5.41) is 0. The molecule has 2 aliphatic heterocycles. The molecule has 6 atom stereocenters. The van der Waals surface area contributed by atoms with Crippen LogP contribution in [0.3, 0.4) is 0 Å². The van der Waals surface area contributed by atoms with Gasteiger partial charge in [0.25, 0.3) is 0 Å². The normalized spacial score (nSPS) is 48.3. The predicted octanol–water partition coefficient (Wildman–Crippen LogP) is 5.24. The van der Waals surface area contributed by atoms with E-state index in [1.165, 1.54) is 25.7 Å². The van der Waals surface area contributed by atoms with Crippen molar-refractivity contribution in [3.05, 3.63) is 24.3 Å². The van der Waals surface area contributed by atoms with E-state index in [1.807, 2.05) is 0 Å².